The van der Waals surface area contributed by atoms with E-state index in [1.807, 2.05) is 0 Å². The summed E-state index contributed by atoms with van der Waals surface area (Å²) in [5.41, 5.74) is 6.06. The number of carbonyl (C=O) groups excluding carboxylic acids is 3. The summed E-state index contributed by atoms with van der Waals surface area (Å²) in [6.07, 6.45) is -0.662. The van der Waals surface area contributed by atoms with Gasteiger partial charge in [0.05, 0.1) is 5.56 Å². The molecule has 0 bridgehead atoms. The lowest BCUT2D eigenvalue weighted by Gasteiger charge is -2.15. The molecule has 0 aliphatic rings. The number of carbonyl (C=O) groups is 3. The molecule has 0 spiro atoms. The number of aromatic nitrogens is 1. The lowest BCUT2D eigenvalue weighted by molar-refractivity contribution is -0.124. The van der Waals surface area contributed by atoms with Crippen LogP contribution in [0.5, 0.6) is 0 Å². The number of rotatable bonds is 7. The van der Waals surface area contributed by atoms with E-state index in [0.29, 0.717) is 12.2 Å². The number of esters is 1. The molecule has 0 fully saturated rings. The molecule has 2 rings (SSSR count). The maximum atomic E-state index is 12.2. The molecule has 0 aliphatic carbocycles. The number of primary amides is 1. The molecular weight excluding hydrogens is 340 g/mol. The molecule has 1 aromatic carbocycles. The van der Waals surface area contributed by atoms with Gasteiger partial charge in [0.1, 0.15) is 5.76 Å². The lowest BCUT2D eigenvalue weighted by atomic mass is 10.1. The normalized spacial score (nSPS) is 11.5. The first-order valence-electron chi connectivity index (χ1n) is 7.96. The molecule has 138 valence electrons. The highest BCUT2D eigenvalue weighted by Gasteiger charge is 2.23. The Morgan fingerprint density at radius 2 is 1.96 bits per heavy atom. The van der Waals surface area contributed by atoms with Crippen LogP contribution in [0.1, 0.15) is 35.0 Å². The number of ether oxygens (including phenoxy) is 1. The van der Waals surface area contributed by atoms with E-state index in [-0.39, 0.29) is 17.9 Å². The number of nitrogens with one attached hydrogen (secondary N) is 2. The predicted molar refractivity (Wildman–Crippen MR) is 92.2 cm³/mol. The van der Waals surface area contributed by atoms with Gasteiger partial charge in [-0.05, 0) is 31.0 Å². The minimum Gasteiger partial charge on any atom is -0.449 e. The Hall–Kier alpha value is -3.36. The van der Waals surface area contributed by atoms with Crippen molar-refractivity contribution in [2.45, 2.75) is 32.9 Å². The topological polar surface area (TPSA) is 137 Å². The van der Waals surface area contributed by atoms with Crippen molar-refractivity contribution in [3.05, 3.63) is 47.2 Å². The average molecular weight is 360 g/mol. The number of urea groups is 1. The smallest absolute Gasteiger partial charge is 0.338 e. The van der Waals surface area contributed by atoms with E-state index >= 15 is 0 Å². The highest BCUT2D eigenvalue weighted by molar-refractivity contribution is 5.97. The molecule has 4 N–H and O–H groups in total. The van der Waals surface area contributed by atoms with Gasteiger partial charge in [-0.2, -0.15) is 0 Å². The summed E-state index contributed by atoms with van der Waals surface area (Å²) in [5, 5.41) is 8.64. The monoisotopic (exact) mass is 360 g/mol. The third kappa shape index (κ3) is 5.33. The number of nitrogens with two attached hydrogens (primary N) is 1. The summed E-state index contributed by atoms with van der Waals surface area (Å²) in [5.74, 6) is -0.307. The minimum absolute atomic E-state index is 0.252. The van der Waals surface area contributed by atoms with E-state index < -0.39 is 24.0 Å². The summed E-state index contributed by atoms with van der Waals surface area (Å²) in [7, 11) is 0. The number of hydrogen-bond acceptors (Lipinski definition) is 6. The lowest BCUT2D eigenvalue weighted by Crippen LogP contribution is -2.32. The Balaban J connectivity index is 1.95. The van der Waals surface area contributed by atoms with Crippen LogP contribution in [-0.4, -0.2) is 29.2 Å². The van der Waals surface area contributed by atoms with Crippen molar-refractivity contribution in [2.24, 2.45) is 5.73 Å². The van der Waals surface area contributed by atoms with Crippen LogP contribution in [-0.2, 0) is 16.1 Å². The Kier molecular flexibility index (Phi) is 6.31. The summed E-state index contributed by atoms with van der Waals surface area (Å²) >= 11 is 0. The van der Waals surface area contributed by atoms with Crippen molar-refractivity contribution in [3.8, 4) is 0 Å². The van der Waals surface area contributed by atoms with Crippen molar-refractivity contribution in [1.29, 1.82) is 0 Å². The zero-order valence-electron chi connectivity index (χ0n) is 14.4. The number of anilines is 1. The number of amides is 3. The van der Waals surface area contributed by atoms with Gasteiger partial charge in [0.2, 0.25) is 0 Å². The van der Waals surface area contributed by atoms with Gasteiger partial charge in [0.15, 0.2) is 11.9 Å². The summed E-state index contributed by atoms with van der Waals surface area (Å²) in [6.45, 7) is 3.68. The van der Waals surface area contributed by atoms with Gasteiger partial charge in [0.25, 0.3) is 5.91 Å². The zero-order chi connectivity index (χ0) is 19.1. The Morgan fingerprint density at radius 3 is 2.50 bits per heavy atom. The van der Waals surface area contributed by atoms with Gasteiger partial charge >= 0.3 is 12.0 Å². The molecule has 0 saturated heterocycles. The standard InChI is InChI=1S/C17H20N4O5/c1-3-13(15(22)20-14-8-10(2)26-21-14)25-16(23)12-6-4-11(5-7-12)9-19-17(18)24/h4-8,13H,3,9H2,1-2H3,(H3,18,19,24)(H,20,21,22)/t13-/m0/s1. The van der Waals surface area contributed by atoms with Crippen molar-refractivity contribution in [2.75, 3.05) is 5.32 Å². The number of benzene rings is 1. The molecule has 1 heterocycles. The maximum Gasteiger partial charge on any atom is 0.338 e. The van der Waals surface area contributed by atoms with Gasteiger partial charge in [-0.25, -0.2) is 9.59 Å². The molecule has 9 nitrogen and oxygen atoms in total. The van der Waals surface area contributed by atoms with Crippen molar-refractivity contribution in [1.82, 2.24) is 10.5 Å². The van der Waals surface area contributed by atoms with E-state index in [1.54, 1.807) is 44.2 Å². The SMILES string of the molecule is CC[C@H](OC(=O)c1ccc(CNC(N)=O)cc1)C(=O)Nc1cc(C)on1. The van der Waals surface area contributed by atoms with E-state index in [0.717, 1.165) is 5.56 Å². The molecule has 0 saturated carbocycles. The summed E-state index contributed by atoms with van der Waals surface area (Å²) in [4.78, 5) is 35.1. The van der Waals surface area contributed by atoms with Crippen LogP contribution < -0.4 is 16.4 Å². The molecule has 0 aliphatic heterocycles. The summed E-state index contributed by atoms with van der Waals surface area (Å²) in [6, 6.07) is 7.34. The first-order chi connectivity index (χ1) is 12.4. The van der Waals surface area contributed by atoms with Crippen molar-refractivity contribution >= 4 is 23.7 Å². The predicted octanol–water partition coefficient (Wildman–Crippen LogP) is 1.73. The number of aryl methyl sites for hydroxylation is 1. The Labute approximate surface area is 149 Å². The molecule has 0 unspecified atom stereocenters. The van der Waals surface area contributed by atoms with Crippen molar-refractivity contribution < 1.29 is 23.6 Å². The highest BCUT2D eigenvalue weighted by Crippen LogP contribution is 2.12. The van der Waals surface area contributed by atoms with Crippen LogP contribution in [0, 0.1) is 6.92 Å². The largest absolute Gasteiger partial charge is 0.449 e. The van der Waals surface area contributed by atoms with Gasteiger partial charge in [-0.3, -0.25) is 4.79 Å². The molecule has 1 atom stereocenters. The van der Waals surface area contributed by atoms with Gasteiger partial charge in [-0.15, -0.1) is 0 Å². The molecule has 0 radical (unpaired) electrons. The second kappa shape index (κ2) is 8.65. The minimum atomic E-state index is -0.962. The molecule has 3 amide bonds. The molecule has 2 aromatic rings. The van der Waals surface area contributed by atoms with Crippen LogP contribution in [0.3, 0.4) is 0 Å². The molecule has 9 heteroatoms. The number of hydrogen-bond donors (Lipinski definition) is 3. The quantitative estimate of drug-likeness (QED) is 0.643. The second-order valence-electron chi connectivity index (χ2n) is 5.53. The fourth-order valence-electron chi connectivity index (χ4n) is 2.10. The fourth-order valence-corrected chi connectivity index (χ4v) is 2.10. The summed E-state index contributed by atoms with van der Waals surface area (Å²) < 4.78 is 10.1. The third-order valence-electron chi connectivity index (χ3n) is 3.45. The third-order valence-corrected chi connectivity index (χ3v) is 3.45. The van der Waals surface area contributed by atoms with Gasteiger partial charge < -0.3 is 25.6 Å². The first-order valence-corrected chi connectivity index (χ1v) is 7.96. The van der Waals surface area contributed by atoms with E-state index in [4.69, 9.17) is 15.0 Å². The first kappa shape index (κ1) is 19.0. The zero-order valence-corrected chi connectivity index (χ0v) is 14.4. The highest BCUT2D eigenvalue weighted by atomic mass is 16.5. The van der Waals surface area contributed by atoms with Crippen LogP contribution in [0.4, 0.5) is 10.6 Å². The van der Waals surface area contributed by atoms with Gasteiger partial charge in [-0.1, -0.05) is 24.2 Å². The van der Waals surface area contributed by atoms with Crippen LogP contribution in [0.2, 0.25) is 0 Å². The van der Waals surface area contributed by atoms with Crippen LogP contribution in [0.15, 0.2) is 34.9 Å². The van der Waals surface area contributed by atoms with Crippen LogP contribution >= 0.6 is 0 Å². The molecule has 1 aromatic heterocycles. The van der Waals surface area contributed by atoms with Crippen molar-refractivity contribution in [3.63, 3.8) is 0 Å². The Morgan fingerprint density at radius 1 is 1.27 bits per heavy atom. The average Bonchev–Trinajstić information content (AvgIpc) is 3.02. The van der Waals surface area contributed by atoms with E-state index in [2.05, 4.69) is 15.8 Å². The maximum absolute atomic E-state index is 12.2. The van der Waals surface area contributed by atoms with Gasteiger partial charge in [0, 0.05) is 12.6 Å². The molecular formula is C17H20N4O5. The van der Waals surface area contributed by atoms with E-state index in [1.165, 1.54) is 0 Å². The molecule has 26 heavy (non-hydrogen) atoms. The number of nitrogens with zero attached hydrogens (tertiary/aromatic N) is 1. The second-order valence-corrected chi connectivity index (χ2v) is 5.53. The Bertz CT molecular complexity index is 785. The van der Waals surface area contributed by atoms with Crippen LogP contribution in [0.25, 0.3) is 0 Å². The van der Waals surface area contributed by atoms with E-state index in [9.17, 15) is 14.4 Å². The fraction of sp³-hybridized carbons (Fsp3) is 0.294.